The molecule has 7 heteroatoms. The highest BCUT2D eigenvalue weighted by Gasteiger charge is 2.25. The third kappa shape index (κ3) is 4.36. The van der Waals surface area contributed by atoms with Gasteiger partial charge in [0.2, 0.25) is 0 Å². The highest BCUT2D eigenvalue weighted by Crippen LogP contribution is 2.27. The summed E-state index contributed by atoms with van der Waals surface area (Å²) in [6, 6.07) is 5.86. The molecule has 2 aromatic rings. The maximum atomic E-state index is 12.7. The SMILES string of the molecule is Cn1cc(CN2CCC[C@@H](c3cccc(C(=O)N4CCOCC4)n3)C2)cn1. The van der Waals surface area contributed by atoms with E-state index in [1.165, 1.54) is 5.56 Å². The molecule has 0 bridgehead atoms. The molecule has 2 fully saturated rings. The second-order valence-electron chi connectivity index (χ2n) is 7.45. The normalized spacial score (nSPS) is 21.4. The van der Waals surface area contributed by atoms with Gasteiger partial charge in [-0.25, -0.2) is 4.98 Å². The Kier molecular flexibility index (Phi) is 5.50. The molecular formula is C20H27N5O2. The average Bonchev–Trinajstić information content (AvgIpc) is 3.13. The number of aryl methyl sites for hydroxylation is 1. The predicted octanol–water partition coefficient (Wildman–Crippen LogP) is 1.67. The molecule has 0 aliphatic carbocycles. The Balaban J connectivity index is 1.43. The lowest BCUT2D eigenvalue weighted by atomic mass is 9.94. The molecular weight excluding hydrogens is 342 g/mol. The van der Waals surface area contributed by atoms with E-state index in [9.17, 15) is 4.79 Å². The summed E-state index contributed by atoms with van der Waals surface area (Å²) < 4.78 is 7.19. The van der Waals surface area contributed by atoms with Crippen LogP contribution in [-0.2, 0) is 18.3 Å². The van der Waals surface area contributed by atoms with Crippen LogP contribution in [-0.4, -0.2) is 69.9 Å². The second-order valence-corrected chi connectivity index (χ2v) is 7.45. The third-order valence-electron chi connectivity index (χ3n) is 5.38. The molecule has 0 N–H and O–H groups in total. The lowest BCUT2D eigenvalue weighted by molar-refractivity contribution is 0.0298. The van der Waals surface area contributed by atoms with Crippen LogP contribution >= 0.6 is 0 Å². The maximum absolute atomic E-state index is 12.7. The smallest absolute Gasteiger partial charge is 0.272 e. The van der Waals surface area contributed by atoms with Gasteiger partial charge in [-0.05, 0) is 31.5 Å². The molecule has 0 spiro atoms. The van der Waals surface area contributed by atoms with Crippen molar-refractivity contribution in [2.24, 2.45) is 7.05 Å². The molecule has 4 rings (SSSR count). The topological polar surface area (TPSA) is 63.5 Å². The predicted molar refractivity (Wildman–Crippen MR) is 101 cm³/mol. The maximum Gasteiger partial charge on any atom is 0.272 e. The second kappa shape index (κ2) is 8.19. The first-order chi connectivity index (χ1) is 13.2. The number of hydrogen-bond acceptors (Lipinski definition) is 5. The van der Waals surface area contributed by atoms with Gasteiger partial charge in [-0.15, -0.1) is 0 Å². The number of hydrogen-bond donors (Lipinski definition) is 0. The van der Waals surface area contributed by atoms with E-state index in [-0.39, 0.29) is 5.91 Å². The van der Waals surface area contributed by atoms with Crippen molar-refractivity contribution < 1.29 is 9.53 Å². The summed E-state index contributed by atoms with van der Waals surface area (Å²) in [5.41, 5.74) is 2.83. The van der Waals surface area contributed by atoms with Gasteiger partial charge in [-0.3, -0.25) is 14.4 Å². The van der Waals surface area contributed by atoms with Crippen LogP contribution < -0.4 is 0 Å². The fourth-order valence-electron chi connectivity index (χ4n) is 3.98. The van der Waals surface area contributed by atoms with Crippen LogP contribution in [0.5, 0.6) is 0 Å². The Morgan fingerprint density at radius 1 is 1.26 bits per heavy atom. The fraction of sp³-hybridized carbons (Fsp3) is 0.550. The van der Waals surface area contributed by atoms with Crippen molar-refractivity contribution in [3.05, 3.63) is 47.5 Å². The zero-order chi connectivity index (χ0) is 18.6. The van der Waals surface area contributed by atoms with Crippen molar-refractivity contribution in [3.8, 4) is 0 Å². The summed E-state index contributed by atoms with van der Waals surface area (Å²) in [5.74, 6) is 0.385. The first kappa shape index (κ1) is 18.1. The molecule has 0 aromatic carbocycles. The Labute approximate surface area is 159 Å². The van der Waals surface area contributed by atoms with Crippen LogP contribution in [0.25, 0.3) is 0 Å². The highest BCUT2D eigenvalue weighted by atomic mass is 16.5. The molecule has 0 unspecified atom stereocenters. The molecule has 0 saturated carbocycles. The van der Waals surface area contributed by atoms with E-state index in [4.69, 9.17) is 9.72 Å². The molecule has 7 nitrogen and oxygen atoms in total. The van der Waals surface area contributed by atoms with Gasteiger partial charge in [0.1, 0.15) is 5.69 Å². The van der Waals surface area contributed by atoms with E-state index in [1.54, 1.807) is 0 Å². The quantitative estimate of drug-likeness (QED) is 0.820. The minimum Gasteiger partial charge on any atom is -0.378 e. The van der Waals surface area contributed by atoms with Crippen molar-refractivity contribution in [2.45, 2.75) is 25.3 Å². The van der Waals surface area contributed by atoms with Gasteiger partial charge in [0.25, 0.3) is 5.91 Å². The van der Waals surface area contributed by atoms with Gasteiger partial charge >= 0.3 is 0 Å². The number of morpholine rings is 1. The van der Waals surface area contributed by atoms with Gasteiger partial charge in [0, 0.05) is 56.6 Å². The monoisotopic (exact) mass is 369 g/mol. The number of piperidine rings is 1. The largest absolute Gasteiger partial charge is 0.378 e. The summed E-state index contributed by atoms with van der Waals surface area (Å²) in [5, 5.41) is 4.26. The van der Waals surface area contributed by atoms with E-state index in [1.807, 2.05) is 35.0 Å². The van der Waals surface area contributed by atoms with E-state index >= 15 is 0 Å². The van der Waals surface area contributed by atoms with Crippen LogP contribution in [0.4, 0.5) is 0 Å². The molecule has 1 atom stereocenters. The molecule has 2 aliphatic rings. The van der Waals surface area contributed by atoms with Gasteiger partial charge in [0.15, 0.2) is 0 Å². The van der Waals surface area contributed by atoms with Crippen molar-refractivity contribution in [1.82, 2.24) is 24.6 Å². The molecule has 1 amide bonds. The molecule has 2 saturated heterocycles. The van der Waals surface area contributed by atoms with Crippen LogP contribution in [0.3, 0.4) is 0 Å². The van der Waals surface area contributed by atoms with E-state index < -0.39 is 0 Å². The highest BCUT2D eigenvalue weighted by molar-refractivity contribution is 5.92. The van der Waals surface area contributed by atoms with Gasteiger partial charge in [0.05, 0.1) is 19.4 Å². The number of likely N-dealkylation sites (tertiary alicyclic amines) is 1. The van der Waals surface area contributed by atoms with Crippen LogP contribution in [0.15, 0.2) is 30.6 Å². The Morgan fingerprint density at radius 2 is 2.11 bits per heavy atom. The minimum absolute atomic E-state index is 0.0168. The molecule has 2 aromatic heterocycles. The minimum atomic E-state index is 0.0168. The Bertz CT molecular complexity index is 784. The van der Waals surface area contributed by atoms with E-state index in [0.29, 0.717) is 37.9 Å². The molecule has 27 heavy (non-hydrogen) atoms. The summed E-state index contributed by atoms with van der Waals surface area (Å²) in [6.07, 6.45) is 6.27. The summed E-state index contributed by atoms with van der Waals surface area (Å²) in [6.45, 7) is 5.49. The first-order valence-electron chi connectivity index (χ1n) is 9.73. The zero-order valence-electron chi connectivity index (χ0n) is 15.9. The lowest BCUT2D eigenvalue weighted by Gasteiger charge is -2.32. The third-order valence-corrected chi connectivity index (χ3v) is 5.38. The number of rotatable bonds is 4. The number of carbonyl (C=O) groups excluding carboxylic acids is 1. The van der Waals surface area contributed by atoms with Gasteiger partial charge in [-0.1, -0.05) is 6.07 Å². The standard InChI is InChI=1S/C20H27N5O2/c1-23-13-16(12-21-23)14-24-7-3-4-17(15-24)18-5-2-6-19(22-18)20(26)25-8-10-27-11-9-25/h2,5-6,12-13,17H,3-4,7-11,14-15H2,1H3/t17-/m1/s1. The van der Waals surface area contributed by atoms with Crippen LogP contribution in [0.2, 0.25) is 0 Å². The molecule has 4 heterocycles. The summed E-state index contributed by atoms with van der Waals surface area (Å²) in [4.78, 5) is 21.8. The first-order valence-corrected chi connectivity index (χ1v) is 9.73. The van der Waals surface area contributed by atoms with Crippen LogP contribution in [0.1, 0.15) is 40.5 Å². The number of ether oxygens (including phenoxy) is 1. The number of nitrogens with zero attached hydrogens (tertiary/aromatic N) is 5. The number of amides is 1. The van der Waals surface area contributed by atoms with Crippen molar-refractivity contribution >= 4 is 5.91 Å². The van der Waals surface area contributed by atoms with Crippen molar-refractivity contribution in [1.29, 1.82) is 0 Å². The summed E-state index contributed by atoms with van der Waals surface area (Å²) >= 11 is 0. The van der Waals surface area contributed by atoms with Gasteiger partial charge in [-0.2, -0.15) is 5.10 Å². The lowest BCUT2D eigenvalue weighted by Crippen LogP contribution is -2.41. The number of aromatic nitrogens is 3. The van der Waals surface area contributed by atoms with Crippen LogP contribution in [0, 0.1) is 0 Å². The number of carbonyl (C=O) groups is 1. The fourth-order valence-corrected chi connectivity index (χ4v) is 3.98. The van der Waals surface area contributed by atoms with Gasteiger partial charge < -0.3 is 9.64 Å². The van der Waals surface area contributed by atoms with E-state index in [2.05, 4.69) is 22.3 Å². The number of pyridine rings is 1. The Hall–Kier alpha value is -2.25. The summed E-state index contributed by atoms with van der Waals surface area (Å²) in [7, 11) is 1.95. The zero-order valence-corrected chi connectivity index (χ0v) is 15.9. The average molecular weight is 369 g/mol. The van der Waals surface area contributed by atoms with Crippen molar-refractivity contribution in [3.63, 3.8) is 0 Å². The van der Waals surface area contributed by atoms with Crippen molar-refractivity contribution in [2.75, 3.05) is 39.4 Å². The Morgan fingerprint density at radius 3 is 2.89 bits per heavy atom. The molecule has 0 radical (unpaired) electrons. The van der Waals surface area contributed by atoms with E-state index in [0.717, 1.165) is 38.2 Å². The molecule has 2 aliphatic heterocycles. The molecule has 144 valence electrons.